The summed E-state index contributed by atoms with van der Waals surface area (Å²) in [7, 11) is 0. The summed E-state index contributed by atoms with van der Waals surface area (Å²) >= 11 is 11.5. The molecule has 0 fully saturated rings. The van der Waals surface area contributed by atoms with E-state index in [1.807, 2.05) is 25.1 Å². The van der Waals surface area contributed by atoms with E-state index in [2.05, 4.69) is 37.2 Å². The molecule has 0 saturated heterocycles. The van der Waals surface area contributed by atoms with Crippen molar-refractivity contribution in [2.24, 2.45) is 5.73 Å². The van der Waals surface area contributed by atoms with Crippen molar-refractivity contribution in [1.82, 2.24) is 0 Å². The summed E-state index contributed by atoms with van der Waals surface area (Å²) in [6.07, 6.45) is 0. The average molecular weight is 418 g/mol. The largest absolute Gasteiger partial charge is 0.389 e. The number of nitrogens with one attached hydrogen (secondary N) is 1. The van der Waals surface area contributed by atoms with Gasteiger partial charge in [-0.3, -0.25) is 0 Å². The van der Waals surface area contributed by atoms with E-state index in [9.17, 15) is 4.39 Å². The van der Waals surface area contributed by atoms with E-state index in [1.165, 1.54) is 0 Å². The topological polar surface area (TPSA) is 38.0 Å². The Morgan fingerprint density at radius 1 is 1.15 bits per heavy atom. The molecule has 0 amide bonds. The molecule has 0 heterocycles. The smallest absolute Gasteiger partial charge is 0.161 e. The molecule has 6 heteroatoms. The highest BCUT2D eigenvalue weighted by atomic mass is 79.9. The van der Waals surface area contributed by atoms with Crippen LogP contribution in [0.3, 0.4) is 0 Å². The van der Waals surface area contributed by atoms with E-state index >= 15 is 0 Å². The van der Waals surface area contributed by atoms with Gasteiger partial charge in [0, 0.05) is 10.0 Å². The lowest BCUT2D eigenvalue weighted by atomic mass is 10.1. The maximum atomic E-state index is 14.3. The zero-order chi connectivity index (χ0) is 14.9. The van der Waals surface area contributed by atoms with Crippen molar-refractivity contribution >= 4 is 60.4 Å². The van der Waals surface area contributed by atoms with E-state index in [-0.39, 0.29) is 9.46 Å². The summed E-state index contributed by atoms with van der Waals surface area (Å²) in [6, 6.07) is 9.03. The van der Waals surface area contributed by atoms with Crippen molar-refractivity contribution in [2.75, 3.05) is 5.32 Å². The summed E-state index contributed by atoms with van der Waals surface area (Å²) in [5.41, 5.74) is 8.22. The van der Waals surface area contributed by atoms with Crippen molar-refractivity contribution in [3.8, 4) is 0 Å². The second-order valence-corrected chi connectivity index (χ2v) is 6.24. The molecule has 2 rings (SSSR count). The molecule has 2 nitrogen and oxygen atoms in total. The Kier molecular flexibility index (Phi) is 4.78. The highest BCUT2D eigenvalue weighted by Gasteiger charge is 2.14. The fraction of sp³-hybridized carbons (Fsp3) is 0.0714. The van der Waals surface area contributed by atoms with Gasteiger partial charge in [-0.1, -0.05) is 24.4 Å². The van der Waals surface area contributed by atoms with Gasteiger partial charge in [0.25, 0.3) is 0 Å². The fourth-order valence-electron chi connectivity index (χ4n) is 1.73. The van der Waals surface area contributed by atoms with Gasteiger partial charge in [-0.05, 0) is 62.5 Å². The minimum Gasteiger partial charge on any atom is -0.389 e. The first-order valence-corrected chi connectivity index (χ1v) is 7.71. The van der Waals surface area contributed by atoms with Gasteiger partial charge in [0.1, 0.15) is 4.99 Å². The van der Waals surface area contributed by atoms with Gasteiger partial charge in [-0.15, -0.1) is 0 Å². The summed E-state index contributed by atoms with van der Waals surface area (Å²) < 4.78 is 15.5. The Morgan fingerprint density at radius 3 is 2.50 bits per heavy atom. The van der Waals surface area contributed by atoms with Crippen LogP contribution in [0.1, 0.15) is 11.1 Å². The molecule has 0 bridgehead atoms. The van der Waals surface area contributed by atoms with Gasteiger partial charge < -0.3 is 11.1 Å². The lowest BCUT2D eigenvalue weighted by Crippen LogP contribution is -2.11. The predicted octanol–water partition coefficient (Wildman–Crippen LogP) is 5.04. The lowest BCUT2D eigenvalue weighted by Gasteiger charge is -2.13. The van der Waals surface area contributed by atoms with Crippen molar-refractivity contribution in [3.05, 3.63) is 56.2 Å². The van der Waals surface area contributed by atoms with E-state index in [0.717, 1.165) is 15.7 Å². The minimum absolute atomic E-state index is 0.152. The first-order valence-electron chi connectivity index (χ1n) is 5.71. The summed E-state index contributed by atoms with van der Waals surface area (Å²) in [5, 5.41) is 3.05. The Bertz CT molecular complexity index is 689. The number of aryl methyl sites for hydroxylation is 1. The van der Waals surface area contributed by atoms with Crippen LogP contribution in [0, 0.1) is 12.7 Å². The molecule has 0 aliphatic carbocycles. The molecule has 2 aromatic carbocycles. The maximum absolute atomic E-state index is 14.3. The van der Waals surface area contributed by atoms with Crippen LogP contribution < -0.4 is 11.1 Å². The molecule has 0 aliphatic rings. The summed E-state index contributed by atoms with van der Waals surface area (Å²) in [6.45, 7) is 1.97. The van der Waals surface area contributed by atoms with E-state index < -0.39 is 5.82 Å². The number of hydrogen-bond donors (Lipinski definition) is 2. The molecule has 0 aromatic heterocycles. The molecule has 20 heavy (non-hydrogen) atoms. The second-order valence-electron chi connectivity index (χ2n) is 4.21. The molecule has 0 unspecified atom stereocenters. The molecule has 104 valence electrons. The lowest BCUT2D eigenvalue weighted by molar-refractivity contribution is 0.625. The standard InChI is InChI=1S/C14H11Br2FN2S/c1-7-3-2-4-9(11(7)15)19-10-6-5-8(14(18)20)12(16)13(10)17/h2-6,19H,1H3,(H2,18,20). The quantitative estimate of drug-likeness (QED) is 0.687. The molecule has 3 N–H and O–H groups in total. The van der Waals surface area contributed by atoms with E-state index in [0.29, 0.717) is 11.3 Å². The van der Waals surface area contributed by atoms with Crippen LogP contribution in [0.4, 0.5) is 15.8 Å². The van der Waals surface area contributed by atoms with Crippen LogP contribution in [0.15, 0.2) is 39.3 Å². The first-order chi connectivity index (χ1) is 9.41. The van der Waals surface area contributed by atoms with Gasteiger partial charge in [-0.2, -0.15) is 0 Å². The average Bonchev–Trinajstić information content (AvgIpc) is 2.40. The number of thiocarbonyl (C=S) groups is 1. The third-order valence-electron chi connectivity index (χ3n) is 2.81. The fourth-order valence-corrected chi connectivity index (χ4v) is 2.95. The number of rotatable bonds is 3. The van der Waals surface area contributed by atoms with Gasteiger partial charge in [-0.25, -0.2) is 4.39 Å². The van der Waals surface area contributed by atoms with E-state index in [4.69, 9.17) is 18.0 Å². The van der Waals surface area contributed by atoms with Crippen LogP contribution >= 0.6 is 44.1 Å². The highest BCUT2D eigenvalue weighted by molar-refractivity contribution is 9.11. The van der Waals surface area contributed by atoms with E-state index in [1.54, 1.807) is 12.1 Å². The van der Waals surface area contributed by atoms with Crippen LogP contribution in [0.25, 0.3) is 0 Å². The normalized spacial score (nSPS) is 10.4. The van der Waals surface area contributed by atoms with Crippen molar-refractivity contribution in [1.29, 1.82) is 0 Å². The molecule has 0 aliphatic heterocycles. The molecule has 0 atom stereocenters. The van der Waals surface area contributed by atoms with Crippen molar-refractivity contribution in [3.63, 3.8) is 0 Å². The number of benzene rings is 2. The molecule has 0 saturated carbocycles. The summed E-state index contributed by atoms with van der Waals surface area (Å²) in [4.78, 5) is 0.152. The zero-order valence-corrected chi connectivity index (χ0v) is 14.5. The van der Waals surface area contributed by atoms with Crippen LogP contribution in [-0.2, 0) is 0 Å². The maximum Gasteiger partial charge on any atom is 0.161 e. The van der Waals surface area contributed by atoms with Crippen LogP contribution in [0.2, 0.25) is 0 Å². The number of nitrogens with two attached hydrogens (primary N) is 1. The number of anilines is 2. The molecular weight excluding hydrogens is 407 g/mol. The SMILES string of the molecule is Cc1cccc(Nc2ccc(C(N)=S)c(Br)c2F)c1Br. The van der Waals surface area contributed by atoms with Crippen molar-refractivity contribution < 1.29 is 4.39 Å². The molecule has 2 aromatic rings. The Balaban J connectivity index is 2.42. The Labute approximate surface area is 138 Å². The first kappa shape index (κ1) is 15.4. The van der Waals surface area contributed by atoms with Crippen LogP contribution in [-0.4, -0.2) is 4.99 Å². The second kappa shape index (κ2) is 6.20. The van der Waals surface area contributed by atoms with Gasteiger partial charge in [0.2, 0.25) is 0 Å². The van der Waals surface area contributed by atoms with Gasteiger partial charge >= 0.3 is 0 Å². The molecule has 0 spiro atoms. The minimum atomic E-state index is -0.427. The molecule has 0 radical (unpaired) electrons. The summed E-state index contributed by atoms with van der Waals surface area (Å²) in [5.74, 6) is -0.427. The number of halogens is 3. The Morgan fingerprint density at radius 2 is 1.85 bits per heavy atom. The van der Waals surface area contributed by atoms with Crippen LogP contribution in [0.5, 0.6) is 0 Å². The monoisotopic (exact) mass is 416 g/mol. The third kappa shape index (κ3) is 3.02. The van der Waals surface area contributed by atoms with Gasteiger partial charge in [0.05, 0.1) is 15.8 Å². The van der Waals surface area contributed by atoms with Gasteiger partial charge in [0.15, 0.2) is 5.82 Å². The van der Waals surface area contributed by atoms with Crippen molar-refractivity contribution in [2.45, 2.75) is 6.92 Å². The third-order valence-corrected chi connectivity index (χ3v) is 4.86. The predicted molar refractivity (Wildman–Crippen MR) is 92.1 cm³/mol. The Hall–Kier alpha value is -0.980. The number of hydrogen-bond acceptors (Lipinski definition) is 2. The zero-order valence-electron chi connectivity index (χ0n) is 10.5. The molecular formula is C14H11Br2FN2S. The highest BCUT2D eigenvalue weighted by Crippen LogP contribution is 2.32.